The lowest BCUT2D eigenvalue weighted by Crippen LogP contribution is -2.56. The Morgan fingerprint density at radius 2 is 1.59 bits per heavy atom. The average molecular weight is 572 g/mol. The molecule has 0 saturated heterocycles. The summed E-state index contributed by atoms with van der Waals surface area (Å²) in [5, 5.41) is 0. The highest BCUT2D eigenvalue weighted by Gasteiger charge is 2.46. The molecule has 0 aromatic heterocycles. The SMILES string of the molecule is CCOC(=O)C1=C(c2ccccc2)S/C(=C2\C(=S)C(C)(C)N(C(=O)c3ccc(C)cc3)c3ccc(C)cc32)S1. The standard InChI is InChI=1S/C32H29NO3S3/c1-6-36-30(35)27-26(21-10-8-7-9-11-21)38-31(39-27)25-23-18-20(3)14-17-24(23)33(32(4,5)28(25)37)29(34)22-15-12-19(2)13-16-22/h7-18H,6H2,1-5H3/b31-25+. The molecule has 0 unspecified atom stereocenters. The van der Waals surface area contributed by atoms with E-state index in [2.05, 4.69) is 6.07 Å². The molecule has 0 radical (unpaired) electrons. The smallest absolute Gasteiger partial charge is 0.346 e. The van der Waals surface area contributed by atoms with Gasteiger partial charge in [-0.05, 0) is 64.4 Å². The van der Waals surface area contributed by atoms with Gasteiger partial charge in [0.2, 0.25) is 0 Å². The minimum absolute atomic E-state index is 0.0986. The number of rotatable bonds is 4. The number of nitrogens with zero attached hydrogens (tertiary/aromatic N) is 1. The third-order valence-corrected chi connectivity index (χ3v) is 10.1. The Morgan fingerprint density at radius 3 is 2.26 bits per heavy atom. The van der Waals surface area contributed by atoms with Gasteiger partial charge in [0.15, 0.2) is 0 Å². The highest BCUT2D eigenvalue weighted by Crippen LogP contribution is 2.58. The number of esters is 1. The van der Waals surface area contributed by atoms with Crippen molar-refractivity contribution in [2.45, 2.75) is 40.2 Å². The summed E-state index contributed by atoms with van der Waals surface area (Å²) in [7, 11) is 0. The van der Waals surface area contributed by atoms with Crippen molar-refractivity contribution in [2.75, 3.05) is 11.5 Å². The van der Waals surface area contributed by atoms with Crippen molar-refractivity contribution in [1.29, 1.82) is 0 Å². The molecule has 0 aliphatic carbocycles. The number of amides is 1. The van der Waals surface area contributed by atoms with E-state index in [0.29, 0.717) is 21.9 Å². The molecule has 0 atom stereocenters. The fourth-order valence-corrected chi connectivity index (χ4v) is 7.91. The van der Waals surface area contributed by atoms with E-state index in [0.717, 1.165) is 42.7 Å². The predicted octanol–water partition coefficient (Wildman–Crippen LogP) is 8.19. The maximum atomic E-state index is 14.0. The summed E-state index contributed by atoms with van der Waals surface area (Å²) >= 11 is 9.14. The minimum atomic E-state index is -0.789. The Hall–Kier alpha value is -3.13. The summed E-state index contributed by atoms with van der Waals surface area (Å²) in [6.07, 6.45) is 0. The maximum Gasteiger partial charge on any atom is 0.346 e. The van der Waals surface area contributed by atoms with Gasteiger partial charge in [-0.25, -0.2) is 4.79 Å². The number of hydrogen-bond acceptors (Lipinski definition) is 6. The zero-order valence-electron chi connectivity index (χ0n) is 22.5. The largest absolute Gasteiger partial charge is 0.462 e. The lowest BCUT2D eigenvalue weighted by Gasteiger charge is -2.45. The first-order valence-electron chi connectivity index (χ1n) is 12.8. The van der Waals surface area contributed by atoms with Crippen molar-refractivity contribution in [3.8, 4) is 0 Å². The van der Waals surface area contributed by atoms with Crippen LogP contribution in [-0.2, 0) is 9.53 Å². The monoisotopic (exact) mass is 571 g/mol. The van der Waals surface area contributed by atoms with Gasteiger partial charge in [0, 0.05) is 21.6 Å². The maximum absolute atomic E-state index is 14.0. The number of fused-ring (bicyclic) bond motifs is 1. The van der Waals surface area contributed by atoms with Gasteiger partial charge in [0.25, 0.3) is 5.91 Å². The first-order valence-corrected chi connectivity index (χ1v) is 14.8. The normalized spacial score (nSPS) is 18.3. The second kappa shape index (κ2) is 10.8. The highest BCUT2D eigenvalue weighted by molar-refractivity contribution is 8.32. The summed E-state index contributed by atoms with van der Waals surface area (Å²) in [5.74, 6) is -0.440. The van der Waals surface area contributed by atoms with Gasteiger partial charge in [-0.1, -0.05) is 95.4 Å². The van der Waals surface area contributed by atoms with Gasteiger partial charge in [-0.3, -0.25) is 9.69 Å². The second-order valence-electron chi connectivity index (χ2n) is 10.0. The average Bonchev–Trinajstić information content (AvgIpc) is 3.36. The zero-order chi connectivity index (χ0) is 27.9. The van der Waals surface area contributed by atoms with Crippen LogP contribution in [0.5, 0.6) is 0 Å². The molecule has 0 fully saturated rings. The van der Waals surface area contributed by atoms with Gasteiger partial charge >= 0.3 is 5.97 Å². The molecule has 0 spiro atoms. The molecule has 0 saturated carbocycles. The van der Waals surface area contributed by atoms with E-state index in [1.807, 2.05) is 106 Å². The predicted molar refractivity (Wildman–Crippen MR) is 168 cm³/mol. The van der Waals surface area contributed by atoms with Crippen LogP contribution < -0.4 is 4.90 Å². The molecule has 1 amide bonds. The van der Waals surface area contributed by atoms with Crippen molar-refractivity contribution >= 4 is 68.6 Å². The number of carbonyl (C=O) groups excluding carboxylic acids is 2. The Kier molecular flexibility index (Phi) is 7.60. The number of thioether (sulfide) groups is 2. The zero-order valence-corrected chi connectivity index (χ0v) is 25.0. The molecule has 2 aliphatic rings. The Balaban J connectivity index is 1.67. The Morgan fingerprint density at radius 1 is 0.923 bits per heavy atom. The Labute approximate surface area is 243 Å². The number of hydrogen-bond donors (Lipinski definition) is 0. The molecule has 4 nitrogen and oxygen atoms in total. The van der Waals surface area contributed by atoms with Crippen molar-refractivity contribution in [3.63, 3.8) is 0 Å². The molecule has 5 rings (SSSR count). The molecule has 2 aliphatic heterocycles. The van der Waals surface area contributed by atoms with Crippen molar-refractivity contribution < 1.29 is 14.3 Å². The minimum Gasteiger partial charge on any atom is -0.462 e. The van der Waals surface area contributed by atoms with Gasteiger partial charge in [0.05, 0.1) is 26.9 Å². The van der Waals surface area contributed by atoms with Crippen LogP contribution in [0.15, 0.2) is 81.9 Å². The van der Waals surface area contributed by atoms with Crippen LogP contribution in [0.25, 0.3) is 10.5 Å². The van der Waals surface area contributed by atoms with Crippen molar-refractivity contribution in [3.05, 3.63) is 110 Å². The number of aryl methyl sites for hydroxylation is 2. The van der Waals surface area contributed by atoms with Crippen molar-refractivity contribution in [2.24, 2.45) is 0 Å². The topological polar surface area (TPSA) is 46.6 Å². The highest BCUT2D eigenvalue weighted by atomic mass is 32.2. The number of thiocarbonyl (C=S) groups is 1. The third kappa shape index (κ3) is 4.99. The van der Waals surface area contributed by atoms with Crippen LogP contribution in [-0.4, -0.2) is 28.9 Å². The summed E-state index contributed by atoms with van der Waals surface area (Å²) < 4.78 is 6.36. The van der Waals surface area contributed by atoms with E-state index >= 15 is 0 Å². The van der Waals surface area contributed by atoms with Crippen LogP contribution in [0.2, 0.25) is 0 Å². The first kappa shape index (κ1) is 27.4. The fraction of sp³-hybridized carbons (Fsp3) is 0.219. The molecule has 39 heavy (non-hydrogen) atoms. The molecule has 0 bridgehead atoms. The summed E-state index contributed by atoms with van der Waals surface area (Å²) in [6.45, 7) is 10.1. The van der Waals surface area contributed by atoms with Gasteiger partial charge in [0.1, 0.15) is 4.91 Å². The summed E-state index contributed by atoms with van der Waals surface area (Å²) in [4.78, 5) is 30.9. The number of benzene rings is 3. The van der Waals surface area contributed by atoms with Crippen LogP contribution >= 0.6 is 35.7 Å². The number of anilines is 1. The summed E-state index contributed by atoms with van der Waals surface area (Å²) in [6, 6.07) is 23.6. The quantitative estimate of drug-likeness (QED) is 0.179. The Bertz CT molecular complexity index is 1550. The molecule has 7 heteroatoms. The molecule has 3 aromatic carbocycles. The molecule has 3 aromatic rings. The van der Waals surface area contributed by atoms with Crippen LogP contribution in [0.1, 0.15) is 53.4 Å². The van der Waals surface area contributed by atoms with Crippen LogP contribution in [0.3, 0.4) is 0 Å². The molecular formula is C32H29NO3S3. The first-order chi connectivity index (χ1) is 18.6. The van der Waals surface area contributed by atoms with Crippen LogP contribution in [0, 0.1) is 13.8 Å². The summed E-state index contributed by atoms with van der Waals surface area (Å²) in [5.41, 5.74) is 5.53. The van der Waals surface area contributed by atoms with Gasteiger partial charge in [-0.15, -0.1) is 0 Å². The van der Waals surface area contributed by atoms with Gasteiger partial charge < -0.3 is 4.74 Å². The third-order valence-electron chi connectivity index (χ3n) is 6.80. The molecular weight excluding hydrogens is 543 g/mol. The fourth-order valence-electron chi connectivity index (χ4n) is 4.78. The number of ether oxygens (including phenoxy) is 1. The van der Waals surface area contributed by atoms with E-state index < -0.39 is 5.54 Å². The van der Waals surface area contributed by atoms with E-state index in [1.54, 1.807) is 11.8 Å². The van der Waals surface area contributed by atoms with E-state index in [-0.39, 0.29) is 11.9 Å². The lowest BCUT2D eigenvalue weighted by atomic mass is 9.82. The van der Waals surface area contributed by atoms with E-state index in [9.17, 15) is 9.59 Å². The van der Waals surface area contributed by atoms with Crippen molar-refractivity contribution in [1.82, 2.24) is 0 Å². The van der Waals surface area contributed by atoms with Crippen LogP contribution in [0.4, 0.5) is 5.69 Å². The molecule has 2 heterocycles. The molecule has 0 N–H and O–H groups in total. The lowest BCUT2D eigenvalue weighted by molar-refractivity contribution is -0.137. The second-order valence-corrected chi connectivity index (χ2v) is 12.7. The number of carbonyl (C=O) groups is 2. The van der Waals surface area contributed by atoms with E-state index in [4.69, 9.17) is 17.0 Å². The van der Waals surface area contributed by atoms with Gasteiger partial charge in [-0.2, -0.15) is 0 Å². The van der Waals surface area contributed by atoms with E-state index in [1.165, 1.54) is 11.8 Å². The molecule has 198 valence electrons.